The minimum absolute atomic E-state index is 0.895. The summed E-state index contributed by atoms with van der Waals surface area (Å²) in [5, 5.41) is 4.30. The summed E-state index contributed by atoms with van der Waals surface area (Å²) in [5.41, 5.74) is 2.54. The average molecular weight is 210 g/mol. The van der Waals surface area contributed by atoms with Crippen molar-refractivity contribution in [3.63, 3.8) is 0 Å². The minimum Gasteiger partial charge on any atom is -0.316 e. The summed E-state index contributed by atoms with van der Waals surface area (Å²) in [7, 11) is 1.95. The summed E-state index contributed by atoms with van der Waals surface area (Å²) >= 11 is 1.84. The normalized spacial score (nSPS) is 10.5. The fourth-order valence-electron chi connectivity index (χ4n) is 1.27. The number of hydrogen-bond acceptors (Lipinski definition) is 3. The fraction of sp³-hybridized carbons (Fsp3) is 0.545. The molecule has 78 valence electrons. The van der Waals surface area contributed by atoms with Gasteiger partial charge in [0.15, 0.2) is 0 Å². The van der Waals surface area contributed by atoms with E-state index in [-0.39, 0.29) is 0 Å². The highest BCUT2D eigenvalue weighted by Gasteiger charge is 2.01. The molecule has 0 aliphatic carbocycles. The van der Waals surface area contributed by atoms with Gasteiger partial charge in [0.1, 0.15) is 0 Å². The van der Waals surface area contributed by atoms with E-state index in [1.54, 1.807) is 0 Å². The number of nitrogens with zero attached hydrogens (tertiary/aromatic N) is 1. The van der Waals surface area contributed by atoms with E-state index in [1.807, 2.05) is 25.0 Å². The van der Waals surface area contributed by atoms with Crippen molar-refractivity contribution in [1.29, 1.82) is 0 Å². The van der Waals surface area contributed by atoms with Crippen molar-refractivity contribution in [2.75, 3.05) is 12.8 Å². The predicted octanol–water partition coefficient (Wildman–Crippen LogP) is 2.61. The maximum absolute atomic E-state index is 4.46. The van der Waals surface area contributed by atoms with E-state index >= 15 is 0 Å². The molecule has 1 N–H and O–H groups in total. The molecular weight excluding hydrogens is 192 g/mol. The zero-order valence-corrected chi connectivity index (χ0v) is 9.95. The van der Waals surface area contributed by atoms with Crippen LogP contribution in [0.15, 0.2) is 17.3 Å². The van der Waals surface area contributed by atoms with Gasteiger partial charge in [0.05, 0.1) is 5.03 Å². The first-order valence-electron chi connectivity index (χ1n) is 5.00. The number of pyridine rings is 1. The minimum atomic E-state index is 0.895. The summed E-state index contributed by atoms with van der Waals surface area (Å²) in [4.78, 5) is 4.46. The first-order chi connectivity index (χ1) is 6.77. The van der Waals surface area contributed by atoms with Crippen molar-refractivity contribution < 1.29 is 0 Å². The van der Waals surface area contributed by atoms with Gasteiger partial charge in [-0.3, -0.25) is 0 Å². The molecule has 0 bridgehead atoms. The lowest BCUT2D eigenvalue weighted by atomic mass is 10.2. The first-order valence-corrected chi connectivity index (χ1v) is 5.99. The highest BCUT2D eigenvalue weighted by Crippen LogP contribution is 2.20. The van der Waals surface area contributed by atoms with Gasteiger partial charge in [-0.05, 0) is 37.3 Å². The van der Waals surface area contributed by atoms with Gasteiger partial charge in [0.2, 0.25) is 0 Å². The molecule has 0 aliphatic rings. The molecular formula is C11H18N2S. The summed E-state index contributed by atoms with van der Waals surface area (Å²) in [6, 6.07) is 2.21. The topological polar surface area (TPSA) is 24.9 Å². The molecule has 1 heterocycles. The van der Waals surface area contributed by atoms with Crippen molar-refractivity contribution in [1.82, 2.24) is 10.3 Å². The summed E-state index contributed by atoms with van der Waals surface area (Å²) in [5.74, 6) is 1.15. The van der Waals surface area contributed by atoms with E-state index in [0.717, 1.165) is 12.3 Å². The molecule has 3 heteroatoms. The Morgan fingerprint density at radius 2 is 2.29 bits per heavy atom. The standard InChI is InChI=1S/C11H18N2S/c1-4-5-14-11-9(2)6-10(7-12-3)8-13-11/h6,8,12H,4-5,7H2,1-3H3. The molecule has 1 rings (SSSR count). The number of aromatic nitrogens is 1. The Hall–Kier alpha value is -0.540. The lowest BCUT2D eigenvalue weighted by molar-refractivity contribution is 0.806. The van der Waals surface area contributed by atoms with Crippen molar-refractivity contribution >= 4 is 11.8 Å². The molecule has 1 aromatic heterocycles. The second-order valence-corrected chi connectivity index (χ2v) is 4.43. The largest absolute Gasteiger partial charge is 0.316 e. The molecule has 0 aliphatic heterocycles. The summed E-state index contributed by atoms with van der Waals surface area (Å²) in [6.07, 6.45) is 3.16. The monoisotopic (exact) mass is 210 g/mol. The van der Waals surface area contributed by atoms with Crippen molar-refractivity contribution in [2.24, 2.45) is 0 Å². The van der Waals surface area contributed by atoms with Gasteiger partial charge in [-0.2, -0.15) is 0 Å². The molecule has 0 atom stereocenters. The third-order valence-corrected chi connectivity index (χ3v) is 3.22. The maximum Gasteiger partial charge on any atom is 0.0989 e. The first kappa shape index (κ1) is 11.5. The Morgan fingerprint density at radius 3 is 2.86 bits per heavy atom. The zero-order valence-electron chi connectivity index (χ0n) is 9.13. The fourth-order valence-corrected chi connectivity index (χ4v) is 2.08. The molecule has 0 fully saturated rings. The summed E-state index contributed by atoms with van der Waals surface area (Å²) in [6.45, 7) is 5.22. The molecule has 0 saturated carbocycles. The van der Waals surface area contributed by atoms with Crippen LogP contribution in [-0.2, 0) is 6.54 Å². The molecule has 0 aromatic carbocycles. The average Bonchev–Trinajstić information content (AvgIpc) is 2.17. The van der Waals surface area contributed by atoms with Crippen LogP contribution in [0.3, 0.4) is 0 Å². The van der Waals surface area contributed by atoms with Crippen LogP contribution in [-0.4, -0.2) is 17.8 Å². The van der Waals surface area contributed by atoms with E-state index in [4.69, 9.17) is 0 Å². The Kier molecular flexibility index (Phi) is 4.98. The zero-order chi connectivity index (χ0) is 10.4. The van der Waals surface area contributed by atoms with Crippen LogP contribution in [0.1, 0.15) is 24.5 Å². The van der Waals surface area contributed by atoms with E-state index in [2.05, 4.69) is 30.2 Å². The van der Waals surface area contributed by atoms with E-state index in [0.29, 0.717) is 0 Å². The van der Waals surface area contributed by atoms with Crippen LogP contribution in [0.25, 0.3) is 0 Å². The van der Waals surface area contributed by atoms with Gasteiger partial charge in [0, 0.05) is 12.7 Å². The quantitative estimate of drug-likeness (QED) is 0.756. The van der Waals surface area contributed by atoms with Gasteiger partial charge >= 0.3 is 0 Å². The van der Waals surface area contributed by atoms with Gasteiger partial charge in [-0.15, -0.1) is 11.8 Å². The van der Waals surface area contributed by atoms with Crippen LogP contribution in [0, 0.1) is 6.92 Å². The number of thioether (sulfide) groups is 1. The van der Waals surface area contributed by atoms with Crippen LogP contribution < -0.4 is 5.32 Å². The van der Waals surface area contributed by atoms with Crippen LogP contribution in [0.5, 0.6) is 0 Å². The molecule has 1 aromatic rings. The SMILES string of the molecule is CCCSc1ncc(CNC)cc1C. The molecule has 0 amide bonds. The van der Waals surface area contributed by atoms with Gasteiger partial charge in [-0.25, -0.2) is 4.98 Å². The molecule has 0 spiro atoms. The van der Waals surface area contributed by atoms with Crippen LogP contribution in [0.2, 0.25) is 0 Å². The molecule has 14 heavy (non-hydrogen) atoms. The number of hydrogen-bond donors (Lipinski definition) is 1. The second-order valence-electron chi connectivity index (χ2n) is 3.34. The van der Waals surface area contributed by atoms with Gasteiger partial charge in [-0.1, -0.05) is 13.0 Å². The van der Waals surface area contributed by atoms with E-state index < -0.39 is 0 Å². The Labute approximate surface area is 90.5 Å². The second kappa shape index (κ2) is 6.04. The number of nitrogens with one attached hydrogen (secondary N) is 1. The lowest BCUT2D eigenvalue weighted by Crippen LogP contribution is -2.05. The third-order valence-electron chi connectivity index (χ3n) is 1.91. The Balaban J connectivity index is 2.68. The Morgan fingerprint density at radius 1 is 1.50 bits per heavy atom. The molecule has 0 radical (unpaired) electrons. The number of aryl methyl sites for hydroxylation is 1. The molecule has 0 unspecified atom stereocenters. The smallest absolute Gasteiger partial charge is 0.0989 e. The van der Waals surface area contributed by atoms with Gasteiger partial charge < -0.3 is 5.32 Å². The highest BCUT2D eigenvalue weighted by atomic mass is 32.2. The van der Waals surface area contributed by atoms with E-state index in [1.165, 1.54) is 22.6 Å². The lowest BCUT2D eigenvalue weighted by Gasteiger charge is -2.06. The van der Waals surface area contributed by atoms with Gasteiger partial charge in [0.25, 0.3) is 0 Å². The predicted molar refractivity (Wildman–Crippen MR) is 62.8 cm³/mol. The van der Waals surface area contributed by atoms with Crippen molar-refractivity contribution in [3.05, 3.63) is 23.4 Å². The number of rotatable bonds is 5. The highest BCUT2D eigenvalue weighted by molar-refractivity contribution is 7.99. The van der Waals surface area contributed by atoms with Crippen molar-refractivity contribution in [2.45, 2.75) is 31.8 Å². The molecule has 2 nitrogen and oxygen atoms in total. The van der Waals surface area contributed by atoms with Crippen LogP contribution >= 0.6 is 11.8 Å². The van der Waals surface area contributed by atoms with Crippen LogP contribution in [0.4, 0.5) is 0 Å². The van der Waals surface area contributed by atoms with Crippen molar-refractivity contribution in [3.8, 4) is 0 Å². The van der Waals surface area contributed by atoms with E-state index in [9.17, 15) is 0 Å². The third kappa shape index (κ3) is 3.31. The molecule has 0 saturated heterocycles. The Bertz CT molecular complexity index is 287. The summed E-state index contributed by atoms with van der Waals surface area (Å²) < 4.78 is 0. The maximum atomic E-state index is 4.46.